The summed E-state index contributed by atoms with van der Waals surface area (Å²) in [5.41, 5.74) is 2.99. The van der Waals surface area contributed by atoms with E-state index in [0.29, 0.717) is 11.3 Å². The van der Waals surface area contributed by atoms with Crippen molar-refractivity contribution >= 4 is 17.5 Å². The van der Waals surface area contributed by atoms with Crippen molar-refractivity contribution in [3.63, 3.8) is 0 Å². The van der Waals surface area contributed by atoms with Crippen LogP contribution >= 0.6 is 0 Å². The fraction of sp³-hybridized carbons (Fsp3) is 0.150. The van der Waals surface area contributed by atoms with Gasteiger partial charge < -0.3 is 10.6 Å². The van der Waals surface area contributed by atoms with Crippen molar-refractivity contribution in [1.82, 2.24) is 20.3 Å². The number of hydrogen-bond acceptors (Lipinski definition) is 5. The molecule has 3 aromatic heterocycles. The fourth-order valence-corrected chi connectivity index (χ4v) is 2.60. The average molecular weight is 359 g/mol. The van der Waals surface area contributed by atoms with Crippen LogP contribution in [0.5, 0.6) is 0 Å². The third-order valence-electron chi connectivity index (χ3n) is 4.18. The Hall–Kier alpha value is -3.61. The van der Waals surface area contributed by atoms with Crippen LogP contribution in [-0.4, -0.2) is 32.8 Å². The molecule has 0 saturated heterocycles. The first-order valence-electron chi connectivity index (χ1n) is 8.63. The van der Waals surface area contributed by atoms with E-state index >= 15 is 0 Å². The van der Waals surface area contributed by atoms with Gasteiger partial charge in [-0.15, -0.1) is 0 Å². The lowest BCUT2D eigenvalue weighted by atomic mass is 10.1. The number of pyridine rings is 3. The van der Waals surface area contributed by atoms with E-state index in [1.54, 1.807) is 30.9 Å². The van der Waals surface area contributed by atoms with E-state index in [1.165, 1.54) is 12.3 Å². The van der Waals surface area contributed by atoms with Crippen molar-refractivity contribution in [2.24, 2.45) is 0 Å². The minimum Gasteiger partial charge on any atom is -0.348 e. The van der Waals surface area contributed by atoms with Gasteiger partial charge in [0.2, 0.25) is 0 Å². The van der Waals surface area contributed by atoms with E-state index in [4.69, 9.17) is 0 Å². The molecule has 7 heteroatoms. The lowest BCUT2D eigenvalue weighted by Crippen LogP contribution is -2.26. The van der Waals surface area contributed by atoms with Gasteiger partial charge in [-0.1, -0.05) is 0 Å². The molecule has 1 fully saturated rings. The molecule has 27 heavy (non-hydrogen) atoms. The molecule has 0 radical (unpaired) electrons. The molecule has 3 heterocycles. The summed E-state index contributed by atoms with van der Waals surface area (Å²) in [4.78, 5) is 36.9. The molecule has 7 nitrogen and oxygen atoms in total. The lowest BCUT2D eigenvalue weighted by molar-refractivity contribution is 0.0946. The highest BCUT2D eigenvalue weighted by Gasteiger charge is 2.24. The number of carbonyl (C=O) groups excluding carboxylic acids is 2. The first-order chi connectivity index (χ1) is 13.2. The predicted molar refractivity (Wildman–Crippen MR) is 100 cm³/mol. The van der Waals surface area contributed by atoms with Crippen molar-refractivity contribution < 1.29 is 9.59 Å². The summed E-state index contributed by atoms with van der Waals surface area (Å²) in [6.45, 7) is 0. The van der Waals surface area contributed by atoms with Gasteiger partial charge in [0.05, 0.1) is 11.9 Å². The van der Waals surface area contributed by atoms with Gasteiger partial charge in [0.1, 0.15) is 5.69 Å². The van der Waals surface area contributed by atoms with E-state index in [1.807, 2.05) is 18.2 Å². The number of anilines is 1. The summed E-state index contributed by atoms with van der Waals surface area (Å²) >= 11 is 0. The SMILES string of the molecule is O=C(Nc1cncc(-c2ccncc2)c1)c1ccnc(C(=O)NC2CC2)c1. The standard InChI is InChI=1S/C20H17N5O2/c26-19(14-5-8-23-18(10-14)20(27)24-16-1-2-16)25-17-9-15(11-22-12-17)13-3-6-21-7-4-13/h3-12,16H,1-2H2,(H,24,27)(H,25,26). The van der Waals surface area contributed by atoms with E-state index in [-0.39, 0.29) is 23.6 Å². The van der Waals surface area contributed by atoms with Crippen LogP contribution in [0, 0.1) is 0 Å². The second kappa shape index (κ2) is 7.33. The molecule has 0 atom stereocenters. The minimum atomic E-state index is -0.327. The molecule has 0 aliphatic heterocycles. The number of nitrogens with zero attached hydrogens (tertiary/aromatic N) is 3. The van der Waals surface area contributed by atoms with Crippen molar-refractivity contribution in [3.05, 3.63) is 72.6 Å². The highest BCUT2D eigenvalue weighted by molar-refractivity contribution is 6.05. The van der Waals surface area contributed by atoms with Crippen LogP contribution < -0.4 is 10.6 Å². The molecule has 0 unspecified atom stereocenters. The quantitative estimate of drug-likeness (QED) is 0.730. The Balaban J connectivity index is 1.50. The maximum absolute atomic E-state index is 12.6. The summed E-state index contributed by atoms with van der Waals surface area (Å²) < 4.78 is 0. The summed E-state index contributed by atoms with van der Waals surface area (Å²) in [7, 11) is 0. The van der Waals surface area contributed by atoms with Crippen molar-refractivity contribution in [3.8, 4) is 11.1 Å². The Kier molecular flexibility index (Phi) is 4.57. The second-order valence-corrected chi connectivity index (χ2v) is 6.33. The molecular formula is C20H17N5O2. The number of aromatic nitrogens is 3. The molecule has 2 N–H and O–H groups in total. The number of carbonyl (C=O) groups is 2. The van der Waals surface area contributed by atoms with E-state index in [2.05, 4.69) is 25.6 Å². The molecule has 4 rings (SSSR count). The summed E-state index contributed by atoms with van der Waals surface area (Å²) in [5, 5.41) is 5.67. The normalized spacial score (nSPS) is 13.0. The second-order valence-electron chi connectivity index (χ2n) is 6.33. The minimum absolute atomic E-state index is 0.234. The first kappa shape index (κ1) is 16.8. The van der Waals surface area contributed by atoms with Gasteiger partial charge >= 0.3 is 0 Å². The highest BCUT2D eigenvalue weighted by Crippen LogP contribution is 2.21. The molecule has 3 aromatic rings. The van der Waals surface area contributed by atoms with Gasteiger partial charge in [0, 0.05) is 42.0 Å². The van der Waals surface area contributed by atoms with Gasteiger partial charge in [-0.3, -0.25) is 24.5 Å². The Labute approximate surface area is 155 Å². The average Bonchev–Trinajstić information content (AvgIpc) is 3.53. The molecule has 1 aliphatic rings. The van der Waals surface area contributed by atoms with Gasteiger partial charge in [-0.2, -0.15) is 0 Å². The lowest BCUT2D eigenvalue weighted by Gasteiger charge is -2.08. The van der Waals surface area contributed by atoms with Crippen LogP contribution in [0.1, 0.15) is 33.7 Å². The van der Waals surface area contributed by atoms with Crippen LogP contribution in [0.3, 0.4) is 0 Å². The number of amides is 2. The molecule has 134 valence electrons. The van der Waals surface area contributed by atoms with Crippen LogP contribution in [0.25, 0.3) is 11.1 Å². The van der Waals surface area contributed by atoms with Crippen molar-refractivity contribution in [1.29, 1.82) is 0 Å². The van der Waals surface area contributed by atoms with Crippen molar-refractivity contribution in [2.75, 3.05) is 5.32 Å². The van der Waals surface area contributed by atoms with Gasteiger partial charge in [0.15, 0.2) is 0 Å². The molecule has 1 saturated carbocycles. The predicted octanol–water partition coefficient (Wildman–Crippen LogP) is 2.68. The number of nitrogens with one attached hydrogen (secondary N) is 2. The first-order valence-corrected chi connectivity index (χ1v) is 8.63. The Morgan fingerprint density at radius 2 is 1.70 bits per heavy atom. The zero-order valence-electron chi connectivity index (χ0n) is 14.4. The molecular weight excluding hydrogens is 342 g/mol. The zero-order valence-corrected chi connectivity index (χ0v) is 14.4. The van der Waals surface area contributed by atoms with E-state index < -0.39 is 0 Å². The maximum Gasteiger partial charge on any atom is 0.270 e. The van der Waals surface area contributed by atoms with Crippen molar-refractivity contribution in [2.45, 2.75) is 18.9 Å². The van der Waals surface area contributed by atoms with Gasteiger partial charge in [0.25, 0.3) is 11.8 Å². The summed E-state index contributed by atoms with van der Waals surface area (Å²) in [6.07, 6.45) is 10.1. The molecule has 2 amide bonds. The third-order valence-corrected chi connectivity index (χ3v) is 4.18. The smallest absolute Gasteiger partial charge is 0.270 e. The molecule has 1 aliphatic carbocycles. The van der Waals surface area contributed by atoms with Gasteiger partial charge in [-0.25, -0.2) is 0 Å². The zero-order chi connectivity index (χ0) is 18.6. The van der Waals surface area contributed by atoms with Crippen LogP contribution in [0.15, 0.2) is 61.3 Å². The monoisotopic (exact) mass is 359 g/mol. The topological polar surface area (TPSA) is 96.9 Å². The van der Waals surface area contributed by atoms with Gasteiger partial charge in [-0.05, 0) is 48.7 Å². The summed E-state index contributed by atoms with van der Waals surface area (Å²) in [6, 6.07) is 8.88. The molecule has 0 bridgehead atoms. The molecule has 0 spiro atoms. The van der Waals surface area contributed by atoms with E-state index in [9.17, 15) is 9.59 Å². The fourth-order valence-electron chi connectivity index (χ4n) is 2.60. The highest BCUT2D eigenvalue weighted by atomic mass is 16.2. The maximum atomic E-state index is 12.6. The van der Waals surface area contributed by atoms with Crippen LogP contribution in [-0.2, 0) is 0 Å². The molecule has 0 aromatic carbocycles. The van der Waals surface area contributed by atoms with E-state index in [0.717, 1.165) is 24.0 Å². The van der Waals surface area contributed by atoms with Crippen LogP contribution in [0.4, 0.5) is 5.69 Å². The Morgan fingerprint density at radius 3 is 2.48 bits per heavy atom. The largest absolute Gasteiger partial charge is 0.348 e. The summed E-state index contributed by atoms with van der Waals surface area (Å²) in [5.74, 6) is -0.583. The Morgan fingerprint density at radius 1 is 0.889 bits per heavy atom. The third kappa shape index (κ3) is 4.14. The Bertz CT molecular complexity index is 986. The number of hydrogen-bond donors (Lipinski definition) is 2. The number of rotatable bonds is 5. The van der Waals surface area contributed by atoms with Crippen LogP contribution in [0.2, 0.25) is 0 Å².